The van der Waals surface area contributed by atoms with E-state index in [0.717, 1.165) is 18.6 Å². The highest BCUT2D eigenvalue weighted by Crippen LogP contribution is 2.29. The zero-order valence-corrected chi connectivity index (χ0v) is 10.2. The lowest BCUT2D eigenvalue weighted by Crippen LogP contribution is -2.26. The first-order valence-electron chi connectivity index (χ1n) is 6.21. The molecule has 1 aromatic rings. The maximum Gasteiger partial charge on any atom is 0.223 e. The molecule has 1 atom stereocenters. The number of amides is 1. The number of ether oxygens (including phenoxy) is 1. The molecule has 0 fully saturated rings. The van der Waals surface area contributed by atoms with E-state index in [1.807, 2.05) is 12.1 Å². The van der Waals surface area contributed by atoms with E-state index in [9.17, 15) is 4.79 Å². The summed E-state index contributed by atoms with van der Waals surface area (Å²) in [5, 5.41) is 0. The summed E-state index contributed by atoms with van der Waals surface area (Å²) < 4.78 is 5.73. The summed E-state index contributed by atoms with van der Waals surface area (Å²) in [6.45, 7) is 2.16. The summed E-state index contributed by atoms with van der Waals surface area (Å²) in [6, 6.07) is 6.17. The lowest BCUT2D eigenvalue weighted by atomic mass is 9.91. The maximum absolute atomic E-state index is 11.0. The third-order valence-electron chi connectivity index (χ3n) is 3.33. The van der Waals surface area contributed by atoms with E-state index in [4.69, 9.17) is 10.5 Å². The summed E-state index contributed by atoms with van der Waals surface area (Å²) in [6.07, 6.45) is 4.70. The zero-order chi connectivity index (χ0) is 12.3. The van der Waals surface area contributed by atoms with Gasteiger partial charge in [0.05, 0.1) is 12.5 Å². The van der Waals surface area contributed by atoms with E-state index in [2.05, 4.69) is 6.07 Å². The van der Waals surface area contributed by atoms with Crippen LogP contribution in [0.15, 0.2) is 18.2 Å². The van der Waals surface area contributed by atoms with Gasteiger partial charge in [0.2, 0.25) is 5.91 Å². The van der Waals surface area contributed by atoms with Crippen molar-refractivity contribution in [3.8, 4) is 5.75 Å². The standard InChI is InChI=1S/C14H19NO2/c1-10(14(15)16)9-17-13-8-4-6-11-5-2-3-7-12(11)13/h4,6,8,10H,2-3,5,7,9H2,1H3,(H2,15,16). The van der Waals surface area contributed by atoms with Crippen LogP contribution in [0.2, 0.25) is 0 Å². The third kappa shape index (κ3) is 2.78. The number of fused-ring (bicyclic) bond motifs is 1. The summed E-state index contributed by atoms with van der Waals surface area (Å²) in [7, 11) is 0. The van der Waals surface area contributed by atoms with Gasteiger partial charge in [0.25, 0.3) is 0 Å². The molecule has 2 N–H and O–H groups in total. The second-order valence-corrected chi connectivity index (χ2v) is 4.72. The SMILES string of the molecule is CC(COc1cccc2c1CCCC2)C(N)=O. The smallest absolute Gasteiger partial charge is 0.223 e. The molecule has 0 bridgehead atoms. The molecule has 0 aliphatic heterocycles. The normalized spacial score (nSPS) is 16.1. The first-order chi connectivity index (χ1) is 8.18. The zero-order valence-electron chi connectivity index (χ0n) is 10.2. The van der Waals surface area contributed by atoms with Crippen LogP contribution in [0.3, 0.4) is 0 Å². The number of carbonyl (C=O) groups excluding carboxylic acids is 1. The van der Waals surface area contributed by atoms with E-state index in [0.29, 0.717) is 6.61 Å². The van der Waals surface area contributed by atoms with Crippen molar-refractivity contribution in [3.05, 3.63) is 29.3 Å². The summed E-state index contributed by atoms with van der Waals surface area (Å²) in [5.41, 5.74) is 7.92. The van der Waals surface area contributed by atoms with Crippen molar-refractivity contribution in [1.82, 2.24) is 0 Å². The van der Waals surface area contributed by atoms with E-state index < -0.39 is 0 Å². The Balaban J connectivity index is 2.08. The predicted molar refractivity (Wildman–Crippen MR) is 66.9 cm³/mol. The average Bonchev–Trinajstić information content (AvgIpc) is 2.35. The van der Waals surface area contributed by atoms with Crippen molar-refractivity contribution in [2.75, 3.05) is 6.61 Å². The number of hydrogen-bond acceptors (Lipinski definition) is 2. The highest BCUT2D eigenvalue weighted by atomic mass is 16.5. The fourth-order valence-electron chi connectivity index (χ4n) is 2.18. The molecule has 1 aromatic carbocycles. The Bertz CT molecular complexity index is 415. The van der Waals surface area contributed by atoms with Gasteiger partial charge in [-0.1, -0.05) is 19.1 Å². The van der Waals surface area contributed by atoms with Gasteiger partial charge in [-0.3, -0.25) is 4.79 Å². The maximum atomic E-state index is 11.0. The minimum Gasteiger partial charge on any atom is -0.492 e. The van der Waals surface area contributed by atoms with Crippen LogP contribution in [-0.4, -0.2) is 12.5 Å². The molecule has 1 unspecified atom stereocenters. The molecule has 1 amide bonds. The molecule has 1 aliphatic rings. The number of rotatable bonds is 4. The molecule has 1 aliphatic carbocycles. The topological polar surface area (TPSA) is 52.3 Å². The third-order valence-corrected chi connectivity index (χ3v) is 3.33. The first kappa shape index (κ1) is 12.0. The molecular formula is C14H19NO2. The fraction of sp³-hybridized carbons (Fsp3) is 0.500. The Morgan fingerprint density at radius 3 is 2.94 bits per heavy atom. The molecule has 0 heterocycles. The van der Waals surface area contributed by atoms with Gasteiger partial charge in [-0.15, -0.1) is 0 Å². The number of aryl methyl sites for hydroxylation is 1. The Morgan fingerprint density at radius 2 is 2.18 bits per heavy atom. The average molecular weight is 233 g/mol. The minimum atomic E-state index is -0.310. The fourth-order valence-corrected chi connectivity index (χ4v) is 2.18. The van der Waals surface area contributed by atoms with Crippen LogP contribution in [0.1, 0.15) is 30.9 Å². The van der Waals surface area contributed by atoms with Crippen molar-refractivity contribution in [2.45, 2.75) is 32.6 Å². The molecule has 0 radical (unpaired) electrons. The molecule has 92 valence electrons. The van der Waals surface area contributed by atoms with Crippen molar-refractivity contribution >= 4 is 5.91 Å². The molecule has 0 spiro atoms. The number of primary amides is 1. The largest absolute Gasteiger partial charge is 0.492 e. The van der Waals surface area contributed by atoms with E-state index in [1.54, 1.807) is 6.92 Å². The van der Waals surface area contributed by atoms with Crippen molar-refractivity contribution in [3.63, 3.8) is 0 Å². The molecule has 17 heavy (non-hydrogen) atoms. The van der Waals surface area contributed by atoms with Crippen molar-refractivity contribution in [2.24, 2.45) is 11.7 Å². The number of carbonyl (C=O) groups is 1. The van der Waals surface area contributed by atoms with Crippen LogP contribution in [0.4, 0.5) is 0 Å². The van der Waals surface area contributed by atoms with E-state index in [-0.39, 0.29) is 11.8 Å². The molecule has 3 heteroatoms. The Hall–Kier alpha value is -1.51. The van der Waals surface area contributed by atoms with Crippen LogP contribution in [-0.2, 0) is 17.6 Å². The second-order valence-electron chi connectivity index (χ2n) is 4.72. The molecule has 2 rings (SSSR count). The molecule has 3 nitrogen and oxygen atoms in total. The molecule has 0 saturated heterocycles. The Kier molecular flexibility index (Phi) is 3.67. The van der Waals surface area contributed by atoms with Crippen LogP contribution >= 0.6 is 0 Å². The van der Waals surface area contributed by atoms with Crippen molar-refractivity contribution in [1.29, 1.82) is 0 Å². The number of hydrogen-bond donors (Lipinski definition) is 1. The van der Waals surface area contributed by atoms with Crippen molar-refractivity contribution < 1.29 is 9.53 Å². The van der Waals surface area contributed by atoms with Gasteiger partial charge in [0.1, 0.15) is 5.75 Å². The molecular weight excluding hydrogens is 214 g/mol. The summed E-state index contributed by atoms with van der Waals surface area (Å²) in [4.78, 5) is 11.0. The monoisotopic (exact) mass is 233 g/mol. The summed E-state index contributed by atoms with van der Waals surface area (Å²) >= 11 is 0. The van der Waals surface area contributed by atoms with Crippen LogP contribution in [0.5, 0.6) is 5.75 Å². The highest BCUT2D eigenvalue weighted by Gasteiger charge is 2.15. The second kappa shape index (κ2) is 5.21. The van der Waals surface area contributed by atoms with Gasteiger partial charge in [-0.05, 0) is 42.9 Å². The van der Waals surface area contributed by atoms with Crippen LogP contribution in [0, 0.1) is 5.92 Å². The number of benzene rings is 1. The Labute approximate surface area is 102 Å². The minimum absolute atomic E-state index is 0.241. The van der Waals surface area contributed by atoms with Gasteiger partial charge in [-0.25, -0.2) is 0 Å². The molecule has 0 aromatic heterocycles. The van der Waals surface area contributed by atoms with E-state index >= 15 is 0 Å². The van der Waals surface area contributed by atoms with Gasteiger partial charge in [-0.2, -0.15) is 0 Å². The van der Waals surface area contributed by atoms with Crippen LogP contribution < -0.4 is 10.5 Å². The highest BCUT2D eigenvalue weighted by molar-refractivity contribution is 5.76. The van der Waals surface area contributed by atoms with Gasteiger partial charge in [0, 0.05) is 0 Å². The molecule has 0 saturated carbocycles. The Morgan fingerprint density at radius 1 is 1.41 bits per heavy atom. The number of nitrogens with two attached hydrogens (primary N) is 1. The van der Waals surface area contributed by atoms with E-state index in [1.165, 1.54) is 24.0 Å². The van der Waals surface area contributed by atoms with Gasteiger partial charge in [0.15, 0.2) is 0 Å². The first-order valence-corrected chi connectivity index (χ1v) is 6.21. The quantitative estimate of drug-likeness (QED) is 0.865. The lowest BCUT2D eigenvalue weighted by Gasteiger charge is -2.20. The predicted octanol–water partition coefficient (Wildman–Crippen LogP) is 2.07. The van der Waals surface area contributed by atoms with Gasteiger partial charge >= 0.3 is 0 Å². The summed E-state index contributed by atoms with van der Waals surface area (Å²) in [5.74, 6) is 0.375. The lowest BCUT2D eigenvalue weighted by molar-refractivity contribution is -0.122. The van der Waals surface area contributed by atoms with Crippen LogP contribution in [0.25, 0.3) is 0 Å². The van der Waals surface area contributed by atoms with Gasteiger partial charge < -0.3 is 10.5 Å².